The van der Waals surface area contributed by atoms with Crippen molar-refractivity contribution in [1.82, 2.24) is 5.32 Å². The topological polar surface area (TPSA) is 44.4 Å². The summed E-state index contributed by atoms with van der Waals surface area (Å²) in [7, 11) is 4.05. The van der Waals surface area contributed by atoms with Crippen molar-refractivity contribution in [2.45, 2.75) is 25.4 Å². The number of hydrogen-bond acceptors (Lipinski definition) is 4. The van der Waals surface area contributed by atoms with Crippen LogP contribution in [0.25, 0.3) is 0 Å². The van der Waals surface area contributed by atoms with Crippen LogP contribution in [-0.4, -0.2) is 20.0 Å². The van der Waals surface area contributed by atoms with E-state index in [-0.39, 0.29) is 12.1 Å². The lowest BCUT2D eigenvalue weighted by Gasteiger charge is -2.27. The summed E-state index contributed by atoms with van der Waals surface area (Å²) in [6.07, 6.45) is 3.19. The number of aryl methyl sites for hydroxylation is 1. The number of nitrogens with zero attached hydrogens (tertiary/aromatic N) is 1. The van der Waals surface area contributed by atoms with Crippen molar-refractivity contribution in [3.8, 4) is 0 Å². The van der Waals surface area contributed by atoms with Crippen LogP contribution in [-0.2, 0) is 12.8 Å². The molecule has 0 saturated carbocycles. The molecule has 0 fully saturated rings. The molecular weight excluding hydrogens is 294 g/mol. The van der Waals surface area contributed by atoms with E-state index in [1.54, 1.807) is 11.3 Å². The third kappa shape index (κ3) is 2.08. The number of amides is 1. The van der Waals surface area contributed by atoms with E-state index in [0.29, 0.717) is 0 Å². The normalized spacial score (nSPS) is 19.2. The molecule has 1 aromatic heterocycles. The van der Waals surface area contributed by atoms with Gasteiger partial charge in [0.1, 0.15) is 11.2 Å². The van der Waals surface area contributed by atoms with E-state index in [0.717, 1.165) is 34.7 Å². The van der Waals surface area contributed by atoms with Crippen molar-refractivity contribution in [3.63, 3.8) is 0 Å². The molecule has 2 heterocycles. The first-order valence-electron chi connectivity index (χ1n) is 7.62. The number of hydrogen-bond donors (Lipinski definition) is 2. The molecule has 0 bridgehead atoms. The van der Waals surface area contributed by atoms with Crippen LogP contribution in [0.2, 0.25) is 0 Å². The van der Waals surface area contributed by atoms with E-state index in [9.17, 15) is 4.79 Å². The highest BCUT2D eigenvalue weighted by Crippen LogP contribution is 2.42. The highest BCUT2D eigenvalue weighted by molar-refractivity contribution is 7.16. The average molecular weight is 313 g/mol. The van der Waals surface area contributed by atoms with Gasteiger partial charge in [-0.15, -0.1) is 11.3 Å². The van der Waals surface area contributed by atoms with E-state index in [1.165, 1.54) is 16.9 Å². The van der Waals surface area contributed by atoms with Crippen LogP contribution in [0.4, 0.5) is 10.7 Å². The molecule has 2 aromatic rings. The van der Waals surface area contributed by atoms with Gasteiger partial charge in [0.15, 0.2) is 0 Å². The Hall–Kier alpha value is -2.01. The van der Waals surface area contributed by atoms with Crippen LogP contribution < -0.4 is 15.5 Å². The maximum Gasteiger partial charge on any atom is 0.256 e. The molecule has 1 amide bonds. The van der Waals surface area contributed by atoms with Crippen LogP contribution in [0.5, 0.6) is 0 Å². The van der Waals surface area contributed by atoms with Gasteiger partial charge in [0, 0.05) is 24.7 Å². The van der Waals surface area contributed by atoms with Crippen LogP contribution in [0.3, 0.4) is 0 Å². The molecule has 1 aliphatic carbocycles. The summed E-state index contributed by atoms with van der Waals surface area (Å²) in [5.74, 6) is 0.0647. The zero-order chi connectivity index (χ0) is 15.3. The first-order chi connectivity index (χ1) is 10.6. The number of nitrogens with one attached hydrogen (secondary N) is 2. The molecule has 0 saturated heterocycles. The number of thiophene rings is 1. The third-order valence-corrected chi connectivity index (χ3v) is 5.67. The van der Waals surface area contributed by atoms with Gasteiger partial charge in [-0.2, -0.15) is 0 Å². The standard InChI is InChI=1S/C17H19N3OS/c1-20(2)11-8-6-10(7-9-11)15-18-16(21)14-12-4-3-5-13(12)22-17(14)19-15/h6-9,15,19H,3-5H2,1-2H3,(H,18,21). The molecule has 2 aliphatic rings. The molecule has 1 aromatic carbocycles. The predicted octanol–water partition coefficient (Wildman–Crippen LogP) is 3.16. The molecule has 4 rings (SSSR count). The van der Waals surface area contributed by atoms with Crippen molar-refractivity contribution in [1.29, 1.82) is 0 Å². The van der Waals surface area contributed by atoms with Gasteiger partial charge < -0.3 is 15.5 Å². The predicted molar refractivity (Wildman–Crippen MR) is 90.9 cm³/mol. The molecular formula is C17H19N3OS. The van der Waals surface area contributed by atoms with Crippen molar-refractivity contribution in [2.75, 3.05) is 24.3 Å². The molecule has 4 nitrogen and oxygen atoms in total. The Morgan fingerprint density at radius 3 is 2.64 bits per heavy atom. The van der Waals surface area contributed by atoms with E-state index in [4.69, 9.17) is 0 Å². The molecule has 0 radical (unpaired) electrons. The minimum atomic E-state index is -0.144. The Balaban J connectivity index is 1.64. The molecule has 1 atom stereocenters. The number of anilines is 2. The van der Waals surface area contributed by atoms with Gasteiger partial charge in [-0.3, -0.25) is 4.79 Å². The lowest BCUT2D eigenvalue weighted by Crippen LogP contribution is -2.38. The number of rotatable bonds is 2. The molecule has 114 valence electrons. The molecule has 5 heteroatoms. The van der Waals surface area contributed by atoms with Crippen LogP contribution in [0.15, 0.2) is 24.3 Å². The molecule has 0 spiro atoms. The van der Waals surface area contributed by atoms with Gasteiger partial charge in [-0.05, 0) is 42.5 Å². The fraction of sp³-hybridized carbons (Fsp3) is 0.353. The Bertz CT molecular complexity index is 733. The molecule has 22 heavy (non-hydrogen) atoms. The molecule has 2 N–H and O–H groups in total. The summed E-state index contributed by atoms with van der Waals surface area (Å²) in [5, 5.41) is 7.63. The number of carbonyl (C=O) groups is 1. The largest absolute Gasteiger partial charge is 0.378 e. The Morgan fingerprint density at radius 2 is 1.91 bits per heavy atom. The van der Waals surface area contributed by atoms with Crippen LogP contribution >= 0.6 is 11.3 Å². The van der Waals surface area contributed by atoms with Crippen LogP contribution in [0, 0.1) is 0 Å². The minimum absolute atomic E-state index is 0.0647. The van der Waals surface area contributed by atoms with Gasteiger partial charge in [0.25, 0.3) is 5.91 Å². The minimum Gasteiger partial charge on any atom is -0.378 e. The van der Waals surface area contributed by atoms with E-state index < -0.39 is 0 Å². The Kier molecular flexibility index (Phi) is 3.11. The molecule has 1 aliphatic heterocycles. The lowest BCUT2D eigenvalue weighted by molar-refractivity contribution is 0.0935. The van der Waals surface area contributed by atoms with Gasteiger partial charge in [0.2, 0.25) is 0 Å². The maximum atomic E-state index is 12.5. The van der Waals surface area contributed by atoms with Crippen molar-refractivity contribution >= 4 is 27.9 Å². The van der Waals surface area contributed by atoms with E-state index in [1.807, 2.05) is 14.1 Å². The van der Waals surface area contributed by atoms with E-state index >= 15 is 0 Å². The summed E-state index contributed by atoms with van der Waals surface area (Å²) >= 11 is 1.75. The number of carbonyl (C=O) groups excluding carboxylic acids is 1. The summed E-state index contributed by atoms with van der Waals surface area (Å²) in [4.78, 5) is 16.0. The second-order valence-electron chi connectivity index (χ2n) is 6.10. The highest BCUT2D eigenvalue weighted by Gasteiger charge is 2.32. The Labute approximate surface area is 134 Å². The summed E-state index contributed by atoms with van der Waals surface area (Å²) in [6, 6.07) is 8.29. The zero-order valence-electron chi connectivity index (χ0n) is 12.8. The van der Waals surface area contributed by atoms with Gasteiger partial charge in [-0.25, -0.2) is 0 Å². The second kappa shape index (κ2) is 5.02. The fourth-order valence-electron chi connectivity index (χ4n) is 3.25. The summed E-state index contributed by atoms with van der Waals surface area (Å²) < 4.78 is 0. The maximum absolute atomic E-state index is 12.5. The van der Waals surface area contributed by atoms with Crippen molar-refractivity contribution in [3.05, 3.63) is 45.8 Å². The summed E-state index contributed by atoms with van der Waals surface area (Å²) in [5.41, 5.74) is 4.39. The average Bonchev–Trinajstić information content (AvgIpc) is 3.07. The Morgan fingerprint density at radius 1 is 1.14 bits per heavy atom. The monoisotopic (exact) mass is 313 g/mol. The van der Waals surface area contributed by atoms with Crippen LogP contribution in [0.1, 0.15) is 38.9 Å². The summed E-state index contributed by atoms with van der Waals surface area (Å²) in [6.45, 7) is 0. The SMILES string of the molecule is CN(C)c1ccc(C2NC(=O)c3c(sc4c3CCC4)N2)cc1. The van der Waals surface area contributed by atoms with Gasteiger partial charge in [0.05, 0.1) is 5.56 Å². The zero-order valence-corrected chi connectivity index (χ0v) is 13.6. The third-order valence-electron chi connectivity index (χ3n) is 4.44. The fourth-order valence-corrected chi connectivity index (χ4v) is 4.56. The van der Waals surface area contributed by atoms with Crippen molar-refractivity contribution < 1.29 is 4.79 Å². The lowest BCUT2D eigenvalue weighted by atomic mass is 10.1. The number of benzene rings is 1. The van der Waals surface area contributed by atoms with E-state index in [2.05, 4.69) is 39.8 Å². The second-order valence-corrected chi connectivity index (χ2v) is 7.20. The first kappa shape index (κ1) is 13.6. The number of fused-ring (bicyclic) bond motifs is 3. The van der Waals surface area contributed by atoms with Gasteiger partial charge >= 0.3 is 0 Å². The first-order valence-corrected chi connectivity index (χ1v) is 8.44. The smallest absolute Gasteiger partial charge is 0.256 e. The van der Waals surface area contributed by atoms with Crippen molar-refractivity contribution in [2.24, 2.45) is 0 Å². The quantitative estimate of drug-likeness (QED) is 0.895. The molecule has 1 unspecified atom stereocenters. The highest BCUT2D eigenvalue weighted by atomic mass is 32.1. The van der Waals surface area contributed by atoms with Gasteiger partial charge in [-0.1, -0.05) is 12.1 Å².